The molecule has 3 heteroatoms. The first-order valence-corrected chi connectivity index (χ1v) is 6.10. The molecule has 2 unspecified atom stereocenters. The fraction of sp³-hybridized carbons (Fsp3) is 0.455. The summed E-state index contributed by atoms with van der Waals surface area (Å²) in [5, 5.41) is 5.40. The molecule has 2 nitrogen and oxygen atoms in total. The molecule has 0 saturated carbocycles. The van der Waals surface area contributed by atoms with Crippen LogP contribution in [0.2, 0.25) is 0 Å². The number of nitrogens with two attached hydrogens (primary N) is 1. The molecule has 0 radical (unpaired) electrons. The van der Waals surface area contributed by atoms with E-state index in [2.05, 4.69) is 13.8 Å². The van der Waals surface area contributed by atoms with Crippen molar-refractivity contribution < 1.29 is 4.21 Å². The molecule has 2 N–H and O–H groups in total. The molecule has 0 aliphatic heterocycles. The lowest BCUT2D eigenvalue weighted by molar-refractivity contribution is 0.555. The highest BCUT2D eigenvalue weighted by Crippen LogP contribution is 2.17. The zero-order chi connectivity index (χ0) is 10.6. The van der Waals surface area contributed by atoms with Crippen LogP contribution in [-0.4, -0.2) is 4.21 Å². The Morgan fingerprint density at radius 2 is 2.07 bits per heavy atom. The third-order valence-electron chi connectivity index (χ3n) is 2.45. The van der Waals surface area contributed by atoms with Crippen molar-refractivity contribution in [3.8, 4) is 0 Å². The van der Waals surface area contributed by atoms with E-state index in [-0.39, 0.29) is 0 Å². The van der Waals surface area contributed by atoms with E-state index in [4.69, 9.17) is 5.14 Å². The van der Waals surface area contributed by atoms with Crippen LogP contribution in [0.25, 0.3) is 0 Å². The van der Waals surface area contributed by atoms with Gasteiger partial charge in [0.05, 0.1) is 4.90 Å². The normalized spacial score (nSPS) is 15.1. The topological polar surface area (TPSA) is 43.1 Å². The van der Waals surface area contributed by atoms with Crippen LogP contribution in [0.5, 0.6) is 0 Å². The summed E-state index contributed by atoms with van der Waals surface area (Å²) in [6, 6.07) is 7.69. The second-order valence-electron chi connectivity index (χ2n) is 3.62. The van der Waals surface area contributed by atoms with Crippen LogP contribution in [0, 0.1) is 5.92 Å². The lowest BCUT2D eigenvalue weighted by atomic mass is 9.99. The van der Waals surface area contributed by atoms with Crippen molar-refractivity contribution >= 4 is 11.0 Å². The molecule has 1 aromatic rings. The van der Waals surface area contributed by atoms with Crippen LogP contribution in [0.3, 0.4) is 0 Å². The Morgan fingerprint density at radius 1 is 1.43 bits per heavy atom. The van der Waals surface area contributed by atoms with Gasteiger partial charge in [-0.3, -0.25) is 0 Å². The Hall–Kier alpha value is -0.670. The second kappa shape index (κ2) is 5.27. The molecule has 0 amide bonds. The molecule has 0 bridgehead atoms. The minimum absolute atomic E-state index is 0.611. The predicted molar refractivity (Wildman–Crippen MR) is 60.2 cm³/mol. The Bertz CT molecular complexity index is 325. The molecule has 0 heterocycles. The summed E-state index contributed by atoms with van der Waals surface area (Å²) in [6.45, 7) is 4.35. The molecule has 0 spiro atoms. The zero-order valence-electron chi connectivity index (χ0n) is 8.69. The molecular formula is C11H17NOS. The van der Waals surface area contributed by atoms with Gasteiger partial charge in [-0.15, -0.1) is 0 Å². The van der Waals surface area contributed by atoms with Gasteiger partial charge in [-0.1, -0.05) is 38.5 Å². The van der Waals surface area contributed by atoms with Crippen LogP contribution < -0.4 is 5.14 Å². The summed E-state index contributed by atoms with van der Waals surface area (Å²) in [5.41, 5.74) is 1.11. The number of rotatable bonds is 4. The number of benzene rings is 1. The van der Waals surface area contributed by atoms with Gasteiger partial charge in [0.25, 0.3) is 0 Å². The smallest absolute Gasteiger partial charge is 0.122 e. The summed E-state index contributed by atoms with van der Waals surface area (Å²) in [6.07, 6.45) is 2.08. The van der Waals surface area contributed by atoms with Crippen LogP contribution in [-0.2, 0) is 17.4 Å². The number of hydrogen-bond acceptors (Lipinski definition) is 1. The monoisotopic (exact) mass is 211 g/mol. The van der Waals surface area contributed by atoms with Crippen LogP contribution >= 0.6 is 0 Å². The van der Waals surface area contributed by atoms with E-state index in [0.29, 0.717) is 5.92 Å². The van der Waals surface area contributed by atoms with Gasteiger partial charge in [-0.2, -0.15) is 0 Å². The highest BCUT2D eigenvalue weighted by atomic mass is 32.2. The lowest BCUT2D eigenvalue weighted by Crippen LogP contribution is -2.08. The van der Waals surface area contributed by atoms with Crippen molar-refractivity contribution in [2.24, 2.45) is 11.1 Å². The van der Waals surface area contributed by atoms with Gasteiger partial charge in [0.2, 0.25) is 0 Å². The average molecular weight is 211 g/mol. The maximum Gasteiger partial charge on any atom is 0.122 e. The summed E-state index contributed by atoms with van der Waals surface area (Å²) in [5.74, 6) is 0.611. The third kappa shape index (κ3) is 2.93. The van der Waals surface area contributed by atoms with Crippen molar-refractivity contribution in [1.82, 2.24) is 0 Å². The first-order valence-electron chi connectivity index (χ1n) is 4.89. The Kier molecular flexibility index (Phi) is 4.29. The minimum Gasteiger partial charge on any atom is -0.248 e. The van der Waals surface area contributed by atoms with Gasteiger partial charge < -0.3 is 0 Å². The maximum atomic E-state index is 11.2. The van der Waals surface area contributed by atoms with Crippen molar-refractivity contribution in [3.63, 3.8) is 0 Å². The van der Waals surface area contributed by atoms with Gasteiger partial charge >= 0.3 is 0 Å². The summed E-state index contributed by atoms with van der Waals surface area (Å²) in [4.78, 5) is 0.771. The Labute approximate surface area is 88.1 Å². The van der Waals surface area contributed by atoms with Gasteiger partial charge in [0, 0.05) is 0 Å². The third-order valence-corrected chi connectivity index (χ3v) is 3.29. The molecule has 0 aliphatic rings. The first-order chi connectivity index (χ1) is 6.65. The summed E-state index contributed by atoms with van der Waals surface area (Å²) in [7, 11) is -1.36. The molecule has 0 aromatic heterocycles. The molecule has 0 aliphatic carbocycles. The molecular weight excluding hydrogens is 194 g/mol. The Balaban J connectivity index is 2.90. The maximum absolute atomic E-state index is 11.2. The van der Waals surface area contributed by atoms with E-state index >= 15 is 0 Å². The SMILES string of the molecule is CCC(C)Cc1ccccc1S(N)=O. The van der Waals surface area contributed by atoms with Crippen molar-refractivity contribution in [2.45, 2.75) is 31.6 Å². The van der Waals surface area contributed by atoms with E-state index in [9.17, 15) is 4.21 Å². The van der Waals surface area contributed by atoms with Crippen molar-refractivity contribution in [2.75, 3.05) is 0 Å². The Morgan fingerprint density at radius 3 is 2.64 bits per heavy atom. The lowest BCUT2D eigenvalue weighted by Gasteiger charge is -2.11. The van der Waals surface area contributed by atoms with Crippen molar-refractivity contribution in [1.29, 1.82) is 0 Å². The van der Waals surface area contributed by atoms with E-state index in [0.717, 1.165) is 23.3 Å². The molecule has 1 aromatic carbocycles. The van der Waals surface area contributed by atoms with Crippen molar-refractivity contribution in [3.05, 3.63) is 29.8 Å². The molecule has 2 atom stereocenters. The van der Waals surface area contributed by atoms with Crippen LogP contribution in [0.4, 0.5) is 0 Å². The zero-order valence-corrected chi connectivity index (χ0v) is 9.51. The fourth-order valence-corrected chi connectivity index (χ4v) is 2.01. The molecule has 14 heavy (non-hydrogen) atoms. The van der Waals surface area contributed by atoms with Gasteiger partial charge in [0.1, 0.15) is 11.0 Å². The number of hydrogen-bond donors (Lipinski definition) is 1. The second-order valence-corrected chi connectivity index (χ2v) is 4.66. The minimum atomic E-state index is -1.36. The molecule has 78 valence electrons. The first kappa shape index (κ1) is 11.4. The molecule has 0 saturated heterocycles. The molecule has 0 fully saturated rings. The predicted octanol–water partition coefficient (Wildman–Crippen LogP) is 2.26. The summed E-state index contributed by atoms with van der Waals surface area (Å²) < 4.78 is 11.2. The average Bonchev–Trinajstić information content (AvgIpc) is 2.18. The van der Waals surface area contributed by atoms with E-state index in [1.54, 1.807) is 0 Å². The highest BCUT2D eigenvalue weighted by molar-refractivity contribution is 7.82. The van der Waals surface area contributed by atoms with E-state index in [1.165, 1.54) is 0 Å². The standard InChI is InChI=1S/C11H17NOS/c1-3-9(2)8-10-6-4-5-7-11(10)14(12)13/h4-7,9H,3,8,12H2,1-2H3. The quantitative estimate of drug-likeness (QED) is 0.815. The van der Waals surface area contributed by atoms with Gasteiger partial charge in [-0.05, 0) is 24.0 Å². The van der Waals surface area contributed by atoms with E-state index in [1.807, 2.05) is 24.3 Å². The fourth-order valence-electron chi connectivity index (χ4n) is 1.39. The van der Waals surface area contributed by atoms with Crippen LogP contribution in [0.15, 0.2) is 29.2 Å². The van der Waals surface area contributed by atoms with Crippen LogP contribution in [0.1, 0.15) is 25.8 Å². The largest absolute Gasteiger partial charge is 0.248 e. The highest BCUT2D eigenvalue weighted by Gasteiger charge is 2.08. The summed E-state index contributed by atoms with van der Waals surface area (Å²) >= 11 is 0. The van der Waals surface area contributed by atoms with Gasteiger partial charge in [-0.25, -0.2) is 9.35 Å². The van der Waals surface area contributed by atoms with E-state index < -0.39 is 11.0 Å². The van der Waals surface area contributed by atoms with Gasteiger partial charge in [0.15, 0.2) is 0 Å². The molecule has 1 rings (SSSR count).